The molecule has 0 bridgehead atoms. The number of Topliss-reactive ketones (excluding diaryl/α,β-unsaturated/α-hetero) is 4. The zero-order chi connectivity index (χ0) is 31.0. The van der Waals surface area contributed by atoms with Crippen LogP contribution in [-0.4, -0.2) is 74.9 Å². The molecule has 3 aliphatic carbocycles. The maximum Gasteiger partial charge on any atom is 0.235 e. The summed E-state index contributed by atoms with van der Waals surface area (Å²) in [6.07, 6.45) is 3.35. The molecule has 6 rings (SSSR count). The number of pyridine rings is 1. The Labute approximate surface area is 251 Å². The lowest BCUT2D eigenvalue weighted by Crippen LogP contribution is -2.74. The monoisotopic (exact) mass is 601 g/mol. The van der Waals surface area contributed by atoms with Crippen molar-refractivity contribution < 1.29 is 34.2 Å². The average molecular weight is 602 g/mol. The third kappa shape index (κ3) is 4.16. The van der Waals surface area contributed by atoms with Gasteiger partial charge in [-0.05, 0) is 67.2 Å². The highest BCUT2D eigenvalue weighted by atomic mass is 35.5. The van der Waals surface area contributed by atoms with Crippen molar-refractivity contribution in [3.8, 4) is 28.0 Å². The molecular weight excluding hydrogens is 574 g/mol. The molecule has 6 atom stereocenters. The van der Waals surface area contributed by atoms with Gasteiger partial charge in [0.25, 0.3) is 0 Å². The number of phenolic OH excluding ortho intramolecular Hbond substituents is 1. The summed E-state index contributed by atoms with van der Waals surface area (Å²) < 4.78 is 0. The highest BCUT2D eigenvalue weighted by Gasteiger charge is 2.69. The smallest absolute Gasteiger partial charge is 0.235 e. The first-order valence-corrected chi connectivity index (χ1v) is 14.2. The lowest BCUT2D eigenvalue weighted by atomic mass is 9.52. The van der Waals surface area contributed by atoms with E-state index in [4.69, 9.17) is 17.3 Å². The zero-order valence-electron chi connectivity index (χ0n) is 23.3. The van der Waals surface area contributed by atoms with Crippen LogP contribution < -0.4 is 5.73 Å². The van der Waals surface area contributed by atoms with Crippen molar-refractivity contribution in [1.29, 1.82) is 0 Å². The van der Waals surface area contributed by atoms with Gasteiger partial charge >= 0.3 is 0 Å². The first-order chi connectivity index (χ1) is 20.4. The van der Waals surface area contributed by atoms with Gasteiger partial charge in [0, 0.05) is 23.9 Å². The molecule has 2 aromatic carbocycles. The lowest BCUT2D eigenvalue weighted by molar-refractivity contribution is -0.181. The molecule has 0 radical (unpaired) electrons. The lowest BCUT2D eigenvalue weighted by Gasteiger charge is -2.52. The van der Waals surface area contributed by atoms with Crippen molar-refractivity contribution in [2.45, 2.75) is 24.5 Å². The van der Waals surface area contributed by atoms with Crippen LogP contribution in [0.4, 0.5) is 0 Å². The molecule has 10 nitrogen and oxygen atoms in total. The molecule has 4 N–H and O–H groups in total. The van der Waals surface area contributed by atoms with Gasteiger partial charge < -0.3 is 15.9 Å². The molecule has 0 aliphatic heterocycles. The Hall–Kier alpha value is -4.25. The van der Waals surface area contributed by atoms with Crippen LogP contribution in [0.25, 0.3) is 22.3 Å². The number of hydrogen-bond donors (Lipinski definition) is 3. The topological polar surface area (TPSA) is 168 Å². The summed E-state index contributed by atoms with van der Waals surface area (Å²) in [5, 5.41) is 23.0. The van der Waals surface area contributed by atoms with E-state index in [1.807, 2.05) is 24.3 Å². The number of likely N-dealkylation sites (N-methyl/N-ethyl adjacent to an activating group) is 1. The first-order valence-electron chi connectivity index (χ1n) is 13.8. The molecule has 0 saturated heterocycles. The molecule has 3 aliphatic rings. The molecule has 1 heterocycles. The van der Waals surface area contributed by atoms with Crippen LogP contribution in [0, 0.1) is 23.7 Å². The second kappa shape index (κ2) is 10.2. The molecule has 2 fully saturated rings. The van der Waals surface area contributed by atoms with Gasteiger partial charge in [0.15, 0.2) is 34.7 Å². The molecule has 6 unspecified atom stereocenters. The van der Waals surface area contributed by atoms with Crippen LogP contribution in [0.3, 0.4) is 0 Å². The number of ketones is 4. The third-order valence-corrected chi connectivity index (χ3v) is 9.53. The highest BCUT2D eigenvalue weighted by Crippen LogP contribution is 2.51. The summed E-state index contributed by atoms with van der Waals surface area (Å²) in [5.41, 5.74) is 6.18. The minimum atomic E-state index is -2.76. The molecular formula is C32H28ClN3O7. The minimum absolute atomic E-state index is 0.0154. The third-order valence-electron chi connectivity index (χ3n) is 9.22. The van der Waals surface area contributed by atoms with E-state index in [1.165, 1.54) is 11.0 Å². The molecule has 1 aromatic heterocycles. The Kier molecular flexibility index (Phi) is 6.83. The number of benzene rings is 2. The van der Waals surface area contributed by atoms with Crippen LogP contribution in [0.2, 0.25) is 5.02 Å². The fourth-order valence-electron chi connectivity index (χ4n) is 7.31. The molecule has 1 amide bonds. The van der Waals surface area contributed by atoms with Gasteiger partial charge in [-0.1, -0.05) is 41.9 Å². The molecule has 11 heteroatoms. The summed E-state index contributed by atoms with van der Waals surface area (Å²) in [5.74, 6) is -10.7. The van der Waals surface area contributed by atoms with Gasteiger partial charge in [0.2, 0.25) is 5.91 Å². The van der Waals surface area contributed by atoms with Gasteiger partial charge in [0.05, 0.1) is 22.5 Å². The number of carbonyl (C=O) groups is 5. The summed E-state index contributed by atoms with van der Waals surface area (Å²) in [4.78, 5) is 72.3. The summed E-state index contributed by atoms with van der Waals surface area (Å²) >= 11 is 6.31. The number of aromatic nitrogens is 1. The standard InChI is InChI=1S/C32H28ClN3O7/c1-36(2)26-20-12-16-11-19-17(14-3-5-15(6-4-14)18-9-10-35-13-21(18)33)7-8-22(37)24(19)27(38)23(16)29(40)32(20,43)30(41)25(28(26)39)31(34)42/h3-10,13,16,20,23,25-26,37,43H,11-12H2,1-2H3,(H2,34,42). The van der Waals surface area contributed by atoms with Gasteiger partial charge in [0.1, 0.15) is 5.75 Å². The molecule has 2 saturated carbocycles. The van der Waals surface area contributed by atoms with E-state index in [0.29, 0.717) is 16.1 Å². The van der Waals surface area contributed by atoms with Crippen LogP contribution in [0.5, 0.6) is 5.75 Å². The number of aromatic hydroxyl groups is 1. The fraction of sp³-hybridized carbons (Fsp3) is 0.312. The molecule has 3 aromatic rings. The molecule has 0 spiro atoms. The number of aliphatic hydroxyl groups is 1. The maximum atomic E-state index is 14.0. The minimum Gasteiger partial charge on any atom is -0.507 e. The maximum absolute atomic E-state index is 14.0. The second-order valence-corrected chi connectivity index (χ2v) is 12.1. The van der Waals surface area contributed by atoms with Gasteiger partial charge in [-0.15, -0.1) is 0 Å². The van der Waals surface area contributed by atoms with Crippen LogP contribution >= 0.6 is 11.6 Å². The average Bonchev–Trinajstić information content (AvgIpc) is 2.95. The van der Waals surface area contributed by atoms with E-state index >= 15 is 0 Å². The van der Waals surface area contributed by atoms with Gasteiger partial charge in [-0.3, -0.25) is 33.9 Å². The van der Waals surface area contributed by atoms with Crippen molar-refractivity contribution in [2.24, 2.45) is 29.4 Å². The van der Waals surface area contributed by atoms with Crippen molar-refractivity contribution in [3.63, 3.8) is 0 Å². The summed E-state index contributed by atoms with van der Waals surface area (Å²) in [6, 6.07) is 11.2. The fourth-order valence-corrected chi connectivity index (χ4v) is 7.54. The number of nitrogens with two attached hydrogens (primary N) is 1. The predicted octanol–water partition coefficient (Wildman–Crippen LogP) is 2.25. The van der Waals surface area contributed by atoms with E-state index in [9.17, 15) is 34.2 Å². The summed E-state index contributed by atoms with van der Waals surface area (Å²) in [6.45, 7) is 0. The Morgan fingerprint density at radius 1 is 1.00 bits per heavy atom. The number of phenols is 1. The number of carbonyl (C=O) groups excluding carboxylic acids is 5. The predicted molar refractivity (Wildman–Crippen MR) is 155 cm³/mol. The number of nitrogens with zero attached hydrogens (tertiary/aromatic N) is 2. The van der Waals surface area contributed by atoms with Crippen LogP contribution in [0.1, 0.15) is 22.3 Å². The van der Waals surface area contributed by atoms with E-state index in [0.717, 1.165) is 16.7 Å². The van der Waals surface area contributed by atoms with Crippen molar-refractivity contribution >= 4 is 40.6 Å². The van der Waals surface area contributed by atoms with Gasteiger partial charge in [-0.25, -0.2) is 0 Å². The second-order valence-electron chi connectivity index (χ2n) is 11.7. The van der Waals surface area contributed by atoms with E-state index in [1.54, 1.807) is 38.6 Å². The number of amides is 1. The quantitative estimate of drug-likeness (QED) is 0.380. The normalized spacial score (nSPS) is 28.3. The molecule has 43 heavy (non-hydrogen) atoms. The Morgan fingerprint density at radius 2 is 1.65 bits per heavy atom. The number of fused-ring (bicyclic) bond motifs is 3. The van der Waals surface area contributed by atoms with E-state index in [2.05, 4.69) is 4.98 Å². The zero-order valence-corrected chi connectivity index (χ0v) is 24.0. The SMILES string of the molecule is CN(C)C1C(=O)C(C(N)=O)C(=O)C2(O)C(=O)C3C(=O)c4c(O)ccc(-c5ccc(-c6ccncc6Cl)cc5)c4CC3CC12. The highest BCUT2D eigenvalue weighted by molar-refractivity contribution is 6.33. The largest absolute Gasteiger partial charge is 0.507 e. The Morgan fingerprint density at radius 3 is 2.26 bits per heavy atom. The first kappa shape index (κ1) is 28.9. The van der Waals surface area contributed by atoms with E-state index in [-0.39, 0.29) is 24.2 Å². The van der Waals surface area contributed by atoms with Crippen molar-refractivity contribution in [1.82, 2.24) is 9.88 Å². The van der Waals surface area contributed by atoms with Crippen LogP contribution in [-0.2, 0) is 25.6 Å². The summed E-state index contributed by atoms with van der Waals surface area (Å²) in [7, 11) is 3.10. The van der Waals surface area contributed by atoms with E-state index < -0.39 is 64.4 Å². The van der Waals surface area contributed by atoms with Crippen molar-refractivity contribution in [3.05, 3.63) is 71.0 Å². The van der Waals surface area contributed by atoms with Crippen molar-refractivity contribution in [2.75, 3.05) is 14.1 Å². The number of halogens is 1. The van der Waals surface area contributed by atoms with Crippen LogP contribution in [0.15, 0.2) is 54.9 Å². The number of rotatable bonds is 4. The Balaban J connectivity index is 1.43. The number of hydrogen-bond acceptors (Lipinski definition) is 9. The Bertz CT molecular complexity index is 1740. The molecule has 220 valence electrons. The van der Waals surface area contributed by atoms with Gasteiger partial charge in [-0.2, -0.15) is 0 Å². The number of primary amides is 1.